The summed E-state index contributed by atoms with van der Waals surface area (Å²) in [4.78, 5) is 0. The lowest BCUT2D eigenvalue weighted by atomic mass is 9.84. The number of hydrogen-bond donors (Lipinski definition) is 1. The lowest BCUT2D eigenvalue weighted by Crippen LogP contribution is -2.46. The Balaban J connectivity index is 2.55. The topological polar surface area (TPSA) is 55.4 Å². The second kappa shape index (κ2) is 5.98. The maximum absolute atomic E-state index is 11.1. The van der Waals surface area contributed by atoms with Gasteiger partial charge in [0.25, 0.3) is 0 Å². The van der Waals surface area contributed by atoms with Crippen LogP contribution in [0.5, 0.6) is 0 Å². The molecule has 1 aliphatic carbocycles. The van der Waals surface area contributed by atoms with Crippen LogP contribution < -0.4 is 4.72 Å². The molecule has 5 heteroatoms. The van der Waals surface area contributed by atoms with Crippen LogP contribution in [0.25, 0.3) is 0 Å². The van der Waals surface area contributed by atoms with Crippen molar-refractivity contribution in [3.8, 4) is 0 Å². The fourth-order valence-electron chi connectivity index (χ4n) is 2.15. The van der Waals surface area contributed by atoms with Gasteiger partial charge in [0.05, 0.1) is 11.9 Å². The molecule has 1 rings (SSSR count). The van der Waals surface area contributed by atoms with Crippen LogP contribution in [0, 0.1) is 0 Å². The Morgan fingerprint density at radius 2 is 1.88 bits per heavy atom. The molecule has 1 N–H and O–H groups in total. The molecular weight excluding hydrogens is 226 g/mol. The highest BCUT2D eigenvalue weighted by Gasteiger charge is 2.33. The molecule has 0 aromatic rings. The second-order valence-corrected chi connectivity index (χ2v) is 6.52. The summed E-state index contributed by atoms with van der Waals surface area (Å²) in [5, 5.41) is 0. The third-order valence-electron chi connectivity index (χ3n) is 3.03. The molecule has 0 amide bonds. The normalized spacial score (nSPS) is 20.9. The summed E-state index contributed by atoms with van der Waals surface area (Å²) in [6.45, 7) is 3.21. The SMILES string of the molecule is CCCOC1(CNS(C)(=O)=O)CCCCC1. The first-order chi connectivity index (χ1) is 7.47. The van der Waals surface area contributed by atoms with E-state index in [1.807, 2.05) is 0 Å². The standard InChI is InChI=1S/C11H23NO3S/c1-3-9-15-11(7-5-4-6-8-11)10-12-16(2,13)14/h12H,3-10H2,1-2H3. The molecule has 1 saturated carbocycles. The van der Waals surface area contributed by atoms with E-state index in [4.69, 9.17) is 4.74 Å². The lowest BCUT2D eigenvalue weighted by Gasteiger charge is -2.37. The second-order valence-electron chi connectivity index (χ2n) is 4.69. The zero-order valence-corrected chi connectivity index (χ0v) is 11.1. The Kier molecular flexibility index (Phi) is 5.21. The first-order valence-corrected chi connectivity index (χ1v) is 7.95. The third-order valence-corrected chi connectivity index (χ3v) is 3.70. The summed E-state index contributed by atoms with van der Waals surface area (Å²) in [5.41, 5.74) is -0.253. The van der Waals surface area contributed by atoms with Gasteiger partial charge in [-0.25, -0.2) is 13.1 Å². The van der Waals surface area contributed by atoms with E-state index < -0.39 is 10.0 Å². The molecule has 0 spiro atoms. The summed E-state index contributed by atoms with van der Waals surface area (Å²) in [5.74, 6) is 0. The first-order valence-electron chi connectivity index (χ1n) is 6.06. The molecule has 0 unspecified atom stereocenters. The van der Waals surface area contributed by atoms with E-state index >= 15 is 0 Å². The largest absolute Gasteiger partial charge is 0.374 e. The van der Waals surface area contributed by atoms with Crippen LogP contribution in [0.2, 0.25) is 0 Å². The molecule has 96 valence electrons. The van der Waals surface area contributed by atoms with Gasteiger partial charge in [-0.1, -0.05) is 26.2 Å². The lowest BCUT2D eigenvalue weighted by molar-refractivity contribution is -0.0650. The van der Waals surface area contributed by atoms with Gasteiger partial charge >= 0.3 is 0 Å². The van der Waals surface area contributed by atoms with Gasteiger partial charge in [0.2, 0.25) is 10.0 Å². The van der Waals surface area contributed by atoms with Gasteiger partial charge < -0.3 is 4.74 Å². The van der Waals surface area contributed by atoms with Crippen molar-refractivity contribution in [1.82, 2.24) is 4.72 Å². The number of rotatable bonds is 6. The average Bonchev–Trinajstić information content (AvgIpc) is 2.24. The highest BCUT2D eigenvalue weighted by Crippen LogP contribution is 2.31. The number of hydrogen-bond acceptors (Lipinski definition) is 3. The highest BCUT2D eigenvalue weighted by atomic mass is 32.2. The van der Waals surface area contributed by atoms with Gasteiger partial charge in [-0.15, -0.1) is 0 Å². The summed E-state index contributed by atoms with van der Waals surface area (Å²) in [6.07, 6.45) is 7.61. The Bertz CT molecular complexity index is 294. The molecule has 4 nitrogen and oxygen atoms in total. The monoisotopic (exact) mass is 249 g/mol. The summed E-state index contributed by atoms with van der Waals surface area (Å²) in [7, 11) is -3.12. The van der Waals surface area contributed by atoms with Crippen molar-refractivity contribution in [2.24, 2.45) is 0 Å². The van der Waals surface area contributed by atoms with Crippen LogP contribution in [-0.2, 0) is 14.8 Å². The predicted molar refractivity (Wildman–Crippen MR) is 64.9 cm³/mol. The van der Waals surface area contributed by atoms with Crippen LogP contribution >= 0.6 is 0 Å². The van der Waals surface area contributed by atoms with Gasteiger partial charge in [0.15, 0.2) is 0 Å². The number of nitrogens with one attached hydrogen (secondary N) is 1. The molecule has 16 heavy (non-hydrogen) atoms. The third kappa shape index (κ3) is 4.80. The van der Waals surface area contributed by atoms with Crippen LogP contribution in [0.1, 0.15) is 45.4 Å². The fourth-order valence-corrected chi connectivity index (χ4v) is 2.67. The fraction of sp³-hybridized carbons (Fsp3) is 1.00. The molecule has 0 heterocycles. The molecule has 0 radical (unpaired) electrons. The van der Waals surface area contributed by atoms with Gasteiger partial charge in [0, 0.05) is 13.2 Å². The summed E-state index contributed by atoms with van der Waals surface area (Å²) >= 11 is 0. The quantitative estimate of drug-likeness (QED) is 0.779. The molecule has 0 aromatic carbocycles. The van der Waals surface area contributed by atoms with E-state index in [2.05, 4.69) is 11.6 Å². The smallest absolute Gasteiger partial charge is 0.208 e. The van der Waals surface area contributed by atoms with E-state index in [0.29, 0.717) is 13.2 Å². The molecule has 1 fully saturated rings. The van der Waals surface area contributed by atoms with Crippen molar-refractivity contribution in [2.45, 2.75) is 51.0 Å². The zero-order chi connectivity index (χ0) is 12.1. The first kappa shape index (κ1) is 13.9. The maximum Gasteiger partial charge on any atom is 0.208 e. The Morgan fingerprint density at radius 3 is 2.38 bits per heavy atom. The highest BCUT2D eigenvalue weighted by molar-refractivity contribution is 7.88. The Labute approximate surface area is 98.8 Å². The Morgan fingerprint density at radius 1 is 1.25 bits per heavy atom. The number of ether oxygens (including phenoxy) is 1. The minimum absolute atomic E-state index is 0.253. The Hall–Kier alpha value is -0.130. The molecule has 1 aliphatic rings. The zero-order valence-electron chi connectivity index (χ0n) is 10.3. The predicted octanol–water partition coefficient (Wildman–Crippen LogP) is 1.67. The van der Waals surface area contributed by atoms with Crippen LogP contribution in [-0.4, -0.2) is 33.4 Å². The molecule has 0 bridgehead atoms. The van der Waals surface area contributed by atoms with E-state index in [9.17, 15) is 8.42 Å². The molecule has 0 atom stereocenters. The van der Waals surface area contributed by atoms with Crippen LogP contribution in [0.3, 0.4) is 0 Å². The summed E-state index contributed by atoms with van der Waals surface area (Å²) in [6, 6.07) is 0. The molecule has 0 saturated heterocycles. The van der Waals surface area contributed by atoms with Gasteiger partial charge in [-0.3, -0.25) is 0 Å². The van der Waals surface area contributed by atoms with Gasteiger partial charge in [-0.05, 0) is 19.3 Å². The number of sulfonamides is 1. The van der Waals surface area contributed by atoms with Crippen molar-refractivity contribution >= 4 is 10.0 Å². The minimum atomic E-state index is -3.12. The van der Waals surface area contributed by atoms with Crippen molar-refractivity contribution in [3.63, 3.8) is 0 Å². The van der Waals surface area contributed by atoms with E-state index in [-0.39, 0.29) is 5.60 Å². The van der Waals surface area contributed by atoms with Crippen LogP contribution in [0.15, 0.2) is 0 Å². The van der Waals surface area contributed by atoms with Crippen molar-refractivity contribution in [2.75, 3.05) is 19.4 Å². The molecule has 0 aromatic heterocycles. The van der Waals surface area contributed by atoms with Gasteiger partial charge in [0.1, 0.15) is 0 Å². The van der Waals surface area contributed by atoms with Crippen molar-refractivity contribution < 1.29 is 13.2 Å². The molecular formula is C11H23NO3S. The van der Waals surface area contributed by atoms with E-state index in [1.54, 1.807) is 0 Å². The minimum Gasteiger partial charge on any atom is -0.374 e. The van der Waals surface area contributed by atoms with Crippen molar-refractivity contribution in [3.05, 3.63) is 0 Å². The van der Waals surface area contributed by atoms with E-state index in [1.165, 1.54) is 12.7 Å². The van der Waals surface area contributed by atoms with Gasteiger partial charge in [-0.2, -0.15) is 0 Å². The maximum atomic E-state index is 11.1. The van der Waals surface area contributed by atoms with Crippen molar-refractivity contribution in [1.29, 1.82) is 0 Å². The molecule has 0 aliphatic heterocycles. The van der Waals surface area contributed by atoms with Crippen LogP contribution in [0.4, 0.5) is 0 Å². The average molecular weight is 249 g/mol. The summed E-state index contributed by atoms with van der Waals surface area (Å²) < 4.78 is 30.7. The van der Waals surface area contributed by atoms with E-state index in [0.717, 1.165) is 32.1 Å².